The quantitative estimate of drug-likeness (QED) is 0.906. The van der Waals surface area contributed by atoms with Crippen molar-refractivity contribution in [1.82, 2.24) is 24.6 Å². The predicted molar refractivity (Wildman–Crippen MR) is 86.8 cm³/mol. The summed E-state index contributed by atoms with van der Waals surface area (Å²) in [6.45, 7) is 2.92. The lowest BCUT2D eigenvalue weighted by molar-refractivity contribution is 0.210. The van der Waals surface area contributed by atoms with Crippen LogP contribution in [0.5, 0.6) is 0 Å². The summed E-state index contributed by atoms with van der Waals surface area (Å²) in [5.74, 6) is 0.864. The van der Waals surface area contributed by atoms with Crippen LogP contribution < -0.4 is 5.32 Å². The van der Waals surface area contributed by atoms with Crippen LogP contribution in [0.15, 0.2) is 12.5 Å². The first-order chi connectivity index (χ1) is 11.3. The maximum absolute atomic E-state index is 8.73. The number of aromatic nitrogens is 4. The van der Waals surface area contributed by atoms with Gasteiger partial charge in [0.2, 0.25) is 0 Å². The maximum atomic E-state index is 8.73. The normalized spacial score (nSPS) is 19.8. The molecule has 0 spiro atoms. The number of fused-ring (bicyclic) bond motifs is 1. The zero-order chi connectivity index (χ0) is 15.6. The van der Waals surface area contributed by atoms with Crippen molar-refractivity contribution in [1.29, 1.82) is 5.26 Å². The van der Waals surface area contributed by atoms with Crippen molar-refractivity contribution in [3.63, 3.8) is 0 Å². The molecule has 0 unspecified atom stereocenters. The Bertz CT molecular complexity index is 720. The van der Waals surface area contributed by atoms with Crippen molar-refractivity contribution < 1.29 is 0 Å². The van der Waals surface area contributed by atoms with Gasteiger partial charge >= 0.3 is 0 Å². The smallest absolute Gasteiger partial charge is 0.163 e. The van der Waals surface area contributed by atoms with Crippen LogP contribution in [0.2, 0.25) is 0 Å². The molecule has 1 saturated carbocycles. The van der Waals surface area contributed by atoms with Crippen LogP contribution in [0.1, 0.15) is 32.1 Å². The lowest BCUT2D eigenvalue weighted by Gasteiger charge is -2.32. The summed E-state index contributed by atoms with van der Waals surface area (Å²) >= 11 is 0. The minimum atomic E-state index is 0.434. The fourth-order valence-electron chi connectivity index (χ4n) is 3.37. The van der Waals surface area contributed by atoms with Crippen LogP contribution >= 0.6 is 0 Å². The fraction of sp³-hybridized carbons (Fsp3) is 0.625. The SMILES string of the molecule is N#CCCn1ncc2c(NC3CCN(C4CC4)CC3)ncnc21. The molecule has 3 heterocycles. The number of nitriles is 1. The lowest BCUT2D eigenvalue weighted by atomic mass is 10.0. The number of rotatable bonds is 5. The van der Waals surface area contributed by atoms with Gasteiger partial charge in [-0.25, -0.2) is 14.6 Å². The van der Waals surface area contributed by atoms with E-state index in [2.05, 4.69) is 31.4 Å². The summed E-state index contributed by atoms with van der Waals surface area (Å²) in [7, 11) is 0. The Balaban J connectivity index is 1.46. The monoisotopic (exact) mass is 311 g/mol. The second-order valence-electron chi connectivity index (χ2n) is 6.42. The summed E-state index contributed by atoms with van der Waals surface area (Å²) in [5.41, 5.74) is 0.799. The van der Waals surface area contributed by atoms with Crippen LogP contribution in [-0.4, -0.2) is 49.8 Å². The van der Waals surface area contributed by atoms with Crippen LogP contribution in [0.25, 0.3) is 11.0 Å². The van der Waals surface area contributed by atoms with Gasteiger partial charge in [-0.15, -0.1) is 0 Å². The van der Waals surface area contributed by atoms with Crippen molar-refractivity contribution in [2.24, 2.45) is 0 Å². The van der Waals surface area contributed by atoms with Gasteiger partial charge in [0, 0.05) is 25.2 Å². The highest BCUT2D eigenvalue weighted by atomic mass is 15.3. The Morgan fingerprint density at radius 3 is 2.78 bits per heavy atom. The minimum Gasteiger partial charge on any atom is -0.367 e. The zero-order valence-corrected chi connectivity index (χ0v) is 13.1. The molecular weight excluding hydrogens is 290 g/mol. The zero-order valence-electron chi connectivity index (χ0n) is 13.1. The lowest BCUT2D eigenvalue weighted by Crippen LogP contribution is -2.40. The number of nitrogens with zero attached hydrogens (tertiary/aromatic N) is 6. The van der Waals surface area contributed by atoms with Crippen molar-refractivity contribution in [3.05, 3.63) is 12.5 Å². The summed E-state index contributed by atoms with van der Waals surface area (Å²) in [6.07, 6.45) is 8.89. The van der Waals surface area contributed by atoms with Gasteiger partial charge in [-0.3, -0.25) is 0 Å². The molecule has 7 nitrogen and oxygen atoms in total. The fourth-order valence-corrected chi connectivity index (χ4v) is 3.37. The van der Waals surface area contributed by atoms with Gasteiger partial charge in [-0.2, -0.15) is 10.4 Å². The molecule has 23 heavy (non-hydrogen) atoms. The summed E-state index contributed by atoms with van der Waals surface area (Å²) in [5, 5.41) is 17.6. The molecule has 1 N–H and O–H groups in total. The maximum Gasteiger partial charge on any atom is 0.163 e. The molecule has 4 rings (SSSR count). The van der Waals surface area contributed by atoms with Crippen molar-refractivity contribution >= 4 is 16.9 Å². The number of aryl methyl sites for hydroxylation is 1. The molecule has 1 saturated heterocycles. The van der Waals surface area contributed by atoms with Gasteiger partial charge in [0.1, 0.15) is 12.1 Å². The van der Waals surface area contributed by atoms with E-state index >= 15 is 0 Å². The molecule has 0 atom stereocenters. The molecule has 0 radical (unpaired) electrons. The number of hydrogen-bond donors (Lipinski definition) is 1. The molecular formula is C16H21N7. The molecule has 7 heteroatoms. The number of nitrogens with one attached hydrogen (secondary N) is 1. The minimum absolute atomic E-state index is 0.434. The number of anilines is 1. The number of hydrogen-bond acceptors (Lipinski definition) is 6. The molecule has 1 aliphatic heterocycles. The van der Waals surface area contributed by atoms with Gasteiger partial charge in [0.05, 0.1) is 30.6 Å². The highest BCUT2D eigenvalue weighted by Crippen LogP contribution is 2.30. The number of likely N-dealkylation sites (tertiary alicyclic amines) is 1. The molecule has 2 aliphatic rings. The van der Waals surface area contributed by atoms with E-state index in [0.717, 1.165) is 35.7 Å². The largest absolute Gasteiger partial charge is 0.367 e. The highest BCUT2D eigenvalue weighted by Gasteiger charge is 2.31. The number of piperidine rings is 1. The average molecular weight is 311 g/mol. The molecule has 0 amide bonds. The summed E-state index contributed by atoms with van der Waals surface area (Å²) in [4.78, 5) is 11.3. The Labute approximate surface area is 135 Å². The van der Waals surface area contributed by atoms with Gasteiger partial charge in [0.25, 0.3) is 0 Å². The molecule has 2 aromatic rings. The Morgan fingerprint density at radius 2 is 2.04 bits per heavy atom. The van der Waals surface area contributed by atoms with Gasteiger partial charge in [-0.05, 0) is 25.7 Å². The first-order valence-corrected chi connectivity index (χ1v) is 8.39. The van der Waals surface area contributed by atoms with Crippen LogP contribution in [0.4, 0.5) is 5.82 Å². The van der Waals surface area contributed by atoms with E-state index in [0.29, 0.717) is 19.0 Å². The predicted octanol–water partition coefficient (Wildman–Crippen LogP) is 1.78. The standard InChI is InChI=1S/C16H21N7/c17-6-1-7-23-16-14(10-20-23)15(18-11-19-16)21-12-4-8-22(9-5-12)13-2-3-13/h10-13H,1-5,7-9H2,(H,18,19,21). The Kier molecular flexibility index (Phi) is 3.83. The van der Waals surface area contributed by atoms with Crippen LogP contribution in [0.3, 0.4) is 0 Å². The third-order valence-electron chi connectivity index (χ3n) is 4.80. The summed E-state index contributed by atoms with van der Waals surface area (Å²) < 4.78 is 1.78. The van der Waals surface area contributed by atoms with E-state index in [-0.39, 0.29) is 0 Å². The van der Waals surface area contributed by atoms with E-state index in [1.165, 1.54) is 25.9 Å². The molecule has 2 aromatic heterocycles. The Hall–Kier alpha value is -2.20. The second kappa shape index (κ2) is 6.13. The first kappa shape index (κ1) is 14.4. The third-order valence-corrected chi connectivity index (χ3v) is 4.80. The van der Waals surface area contributed by atoms with Crippen molar-refractivity contribution in [2.75, 3.05) is 18.4 Å². The molecule has 0 aromatic carbocycles. The first-order valence-electron chi connectivity index (χ1n) is 8.39. The Morgan fingerprint density at radius 1 is 1.22 bits per heavy atom. The van der Waals surface area contributed by atoms with E-state index in [9.17, 15) is 0 Å². The van der Waals surface area contributed by atoms with E-state index in [4.69, 9.17) is 5.26 Å². The van der Waals surface area contributed by atoms with Gasteiger partial charge < -0.3 is 10.2 Å². The van der Waals surface area contributed by atoms with E-state index < -0.39 is 0 Å². The van der Waals surface area contributed by atoms with E-state index in [1.807, 2.05) is 0 Å². The molecule has 2 fully saturated rings. The third kappa shape index (κ3) is 2.99. The van der Waals surface area contributed by atoms with Gasteiger partial charge in [0.15, 0.2) is 5.65 Å². The van der Waals surface area contributed by atoms with Crippen LogP contribution in [0, 0.1) is 11.3 Å². The van der Waals surface area contributed by atoms with Gasteiger partial charge in [-0.1, -0.05) is 0 Å². The summed E-state index contributed by atoms with van der Waals surface area (Å²) in [6, 6.07) is 3.47. The molecule has 120 valence electrons. The second-order valence-corrected chi connectivity index (χ2v) is 6.42. The average Bonchev–Trinajstić information content (AvgIpc) is 3.35. The molecule has 1 aliphatic carbocycles. The van der Waals surface area contributed by atoms with Crippen molar-refractivity contribution in [3.8, 4) is 6.07 Å². The topological polar surface area (TPSA) is 82.7 Å². The highest BCUT2D eigenvalue weighted by molar-refractivity contribution is 5.86. The van der Waals surface area contributed by atoms with Crippen LogP contribution in [-0.2, 0) is 6.54 Å². The van der Waals surface area contributed by atoms with Crippen molar-refractivity contribution in [2.45, 2.75) is 50.7 Å². The van der Waals surface area contributed by atoms with E-state index in [1.54, 1.807) is 17.2 Å². The molecule has 0 bridgehead atoms.